The van der Waals surface area contributed by atoms with E-state index in [1.165, 1.54) is 25.7 Å². The molecule has 1 aromatic carbocycles. The molecule has 0 aromatic heterocycles. The number of rotatable bonds is 10. The summed E-state index contributed by atoms with van der Waals surface area (Å²) in [6.07, 6.45) is 5.27. The Morgan fingerprint density at radius 3 is 2.43 bits per heavy atom. The Kier molecular flexibility index (Phi) is 7.37. The summed E-state index contributed by atoms with van der Waals surface area (Å²) in [6, 6.07) is 8.70. The van der Waals surface area contributed by atoms with Crippen LogP contribution in [0, 0.1) is 0 Å². The topological polar surface area (TPSA) is 21.7 Å². The molecule has 4 heteroatoms. The molecule has 0 heterocycles. The fraction of sp³-hybridized carbons (Fsp3) is 0.647. The lowest BCUT2D eigenvalue weighted by Gasteiger charge is -2.37. The van der Waals surface area contributed by atoms with Crippen LogP contribution < -0.4 is 9.47 Å². The van der Waals surface area contributed by atoms with E-state index >= 15 is 0 Å². The minimum absolute atomic E-state index is 0.666. The number of alkyl halides is 1. The van der Waals surface area contributed by atoms with E-state index in [9.17, 15) is 0 Å². The van der Waals surface area contributed by atoms with Crippen LogP contribution in [-0.4, -0.2) is 42.6 Å². The number of ether oxygens (including phenoxy) is 2. The van der Waals surface area contributed by atoms with Gasteiger partial charge in [-0.05, 0) is 44.9 Å². The van der Waals surface area contributed by atoms with Gasteiger partial charge < -0.3 is 9.47 Å². The molecule has 0 atom stereocenters. The maximum absolute atomic E-state index is 5.94. The fourth-order valence-corrected chi connectivity index (χ4v) is 2.86. The van der Waals surface area contributed by atoms with Gasteiger partial charge in [-0.2, -0.15) is 0 Å². The second-order valence-electron chi connectivity index (χ2n) is 5.39. The Balaban J connectivity index is 1.81. The zero-order valence-corrected chi connectivity index (χ0v) is 14.5. The molecular weight excluding hydrogens is 330 g/mol. The predicted molar refractivity (Wildman–Crippen MR) is 90.7 cm³/mol. The van der Waals surface area contributed by atoms with Gasteiger partial charge >= 0.3 is 0 Å². The minimum atomic E-state index is 0.666. The fourth-order valence-electron chi connectivity index (χ4n) is 2.61. The zero-order chi connectivity index (χ0) is 14.9. The van der Waals surface area contributed by atoms with Crippen LogP contribution in [0.2, 0.25) is 0 Å². The highest BCUT2D eigenvalue weighted by atomic mass is 79.9. The van der Waals surface area contributed by atoms with Crippen molar-refractivity contribution in [3.8, 4) is 11.5 Å². The molecular formula is C17H26BrNO2. The third-order valence-corrected chi connectivity index (χ3v) is 4.52. The average Bonchev–Trinajstić information content (AvgIpc) is 2.44. The van der Waals surface area contributed by atoms with Gasteiger partial charge in [-0.25, -0.2) is 0 Å². The molecule has 1 aliphatic carbocycles. The summed E-state index contributed by atoms with van der Waals surface area (Å²) in [5.74, 6) is 1.70. The maximum Gasteiger partial charge on any atom is 0.161 e. The lowest BCUT2D eigenvalue weighted by atomic mass is 9.91. The number of benzene rings is 1. The van der Waals surface area contributed by atoms with Crippen LogP contribution in [0.1, 0.15) is 32.6 Å². The Morgan fingerprint density at radius 1 is 1.14 bits per heavy atom. The first-order chi connectivity index (χ1) is 10.3. The largest absolute Gasteiger partial charge is 0.490 e. The van der Waals surface area contributed by atoms with Gasteiger partial charge in [-0.15, -0.1) is 0 Å². The van der Waals surface area contributed by atoms with Gasteiger partial charge in [0.1, 0.15) is 6.61 Å². The maximum atomic E-state index is 5.94. The van der Waals surface area contributed by atoms with Crippen molar-refractivity contribution in [3.05, 3.63) is 24.3 Å². The van der Waals surface area contributed by atoms with E-state index in [0.29, 0.717) is 6.61 Å². The second-order valence-corrected chi connectivity index (χ2v) is 6.18. The number of hydrogen-bond donors (Lipinski definition) is 0. The Hall–Kier alpha value is -0.740. The lowest BCUT2D eigenvalue weighted by molar-refractivity contribution is 0.106. The molecule has 0 spiro atoms. The van der Waals surface area contributed by atoms with E-state index in [1.807, 2.05) is 31.2 Å². The molecule has 0 radical (unpaired) electrons. The molecule has 3 nitrogen and oxygen atoms in total. The normalized spacial score (nSPS) is 15.0. The molecule has 1 aliphatic rings. The lowest BCUT2D eigenvalue weighted by Crippen LogP contribution is -2.43. The quantitative estimate of drug-likeness (QED) is 0.589. The van der Waals surface area contributed by atoms with Crippen molar-refractivity contribution in [3.63, 3.8) is 0 Å². The summed E-state index contributed by atoms with van der Waals surface area (Å²) in [5, 5.41) is 1.07. The van der Waals surface area contributed by atoms with E-state index < -0.39 is 0 Å². The minimum Gasteiger partial charge on any atom is -0.490 e. The van der Waals surface area contributed by atoms with Crippen molar-refractivity contribution in [1.82, 2.24) is 4.90 Å². The monoisotopic (exact) mass is 355 g/mol. The Morgan fingerprint density at radius 2 is 1.86 bits per heavy atom. The number of hydrogen-bond acceptors (Lipinski definition) is 3. The van der Waals surface area contributed by atoms with Gasteiger partial charge in [-0.1, -0.05) is 34.5 Å². The van der Waals surface area contributed by atoms with Gasteiger partial charge in [0.05, 0.1) is 6.61 Å². The van der Waals surface area contributed by atoms with E-state index in [2.05, 4.69) is 20.8 Å². The van der Waals surface area contributed by atoms with E-state index in [4.69, 9.17) is 9.47 Å². The van der Waals surface area contributed by atoms with Crippen LogP contribution in [0.3, 0.4) is 0 Å². The van der Waals surface area contributed by atoms with Crippen LogP contribution in [0.15, 0.2) is 24.3 Å². The molecule has 0 saturated heterocycles. The van der Waals surface area contributed by atoms with Gasteiger partial charge in [0, 0.05) is 17.9 Å². The van der Waals surface area contributed by atoms with E-state index in [1.54, 1.807) is 0 Å². The van der Waals surface area contributed by atoms with Crippen molar-refractivity contribution in [2.24, 2.45) is 0 Å². The van der Waals surface area contributed by atoms with Crippen molar-refractivity contribution in [2.45, 2.75) is 38.6 Å². The Bertz CT molecular complexity index is 410. The van der Waals surface area contributed by atoms with Gasteiger partial charge in [-0.3, -0.25) is 4.90 Å². The molecule has 0 bridgehead atoms. The molecule has 0 N–H and O–H groups in total. The highest BCUT2D eigenvalue weighted by Crippen LogP contribution is 2.27. The van der Waals surface area contributed by atoms with Crippen LogP contribution in [0.4, 0.5) is 0 Å². The molecule has 2 rings (SSSR count). The summed E-state index contributed by atoms with van der Waals surface area (Å²) in [7, 11) is 0. The summed E-state index contributed by atoms with van der Waals surface area (Å²) in [5.41, 5.74) is 0. The molecule has 1 aromatic rings. The van der Waals surface area contributed by atoms with Crippen molar-refractivity contribution in [2.75, 3.05) is 31.6 Å². The van der Waals surface area contributed by atoms with Gasteiger partial charge in [0.25, 0.3) is 0 Å². The average molecular weight is 356 g/mol. The van der Waals surface area contributed by atoms with Crippen molar-refractivity contribution >= 4 is 15.9 Å². The zero-order valence-electron chi connectivity index (χ0n) is 12.9. The second kappa shape index (κ2) is 9.31. The summed E-state index contributed by atoms with van der Waals surface area (Å²) < 4.78 is 11.5. The highest BCUT2D eigenvalue weighted by molar-refractivity contribution is 9.09. The molecule has 118 valence electrons. The van der Waals surface area contributed by atoms with Crippen molar-refractivity contribution < 1.29 is 9.47 Å². The first kappa shape index (κ1) is 16.6. The van der Waals surface area contributed by atoms with Gasteiger partial charge in [0.15, 0.2) is 11.5 Å². The van der Waals surface area contributed by atoms with Crippen LogP contribution in [0.5, 0.6) is 11.5 Å². The number of halogens is 1. The standard InChI is InChI=1S/C17H26BrNO2/c1-2-20-16-9-3-4-10-17(16)21-14-13-19(12-6-11-18)15-7-5-8-15/h3-4,9-10,15H,2,5-8,11-14H2,1H3. The molecule has 21 heavy (non-hydrogen) atoms. The molecule has 0 amide bonds. The van der Waals surface area contributed by atoms with E-state index in [0.717, 1.165) is 42.6 Å². The summed E-state index contributed by atoms with van der Waals surface area (Å²) in [6.45, 7) is 5.54. The molecule has 0 unspecified atom stereocenters. The highest BCUT2D eigenvalue weighted by Gasteiger charge is 2.24. The SMILES string of the molecule is CCOc1ccccc1OCCN(CCCBr)C1CCC1. The first-order valence-electron chi connectivity index (χ1n) is 7.99. The third kappa shape index (κ3) is 5.19. The van der Waals surface area contributed by atoms with Crippen LogP contribution in [-0.2, 0) is 0 Å². The molecule has 0 aliphatic heterocycles. The van der Waals surface area contributed by atoms with Gasteiger partial charge in [0.2, 0.25) is 0 Å². The van der Waals surface area contributed by atoms with Crippen molar-refractivity contribution in [1.29, 1.82) is 0 Å². The third-order valence-electron chi connectivity index (χ3n) is 3.96. The Labute approximate surface area is 136 Å². The summed E-state index contributed by atoms with van der Waals surface area (Å²) in [4.78, 5) is 2.58. The van der Waals surface area contributed by atoms with Crippen LogP contribution >= 0.6 is 15.9 Å². The van der Waals surface area contributed by atoms with Crippen LogP contribution in [0.25, 0.3) is 0 Å². The number of para-hydroxylation sites is 2. The molecule has 1 fully saturated rings. The first-order valence-corrected chi connectivity index (χ1v) is 9.12. The van der Waals surface area contributed by atoms with E-state index in [-0.39, 0.29) is 0 Å². The predicted octanol–water partition coefficient (Wildman–Crippen LogP) is 4.10. The number of nitrogens with zero attached hydrogens (tertiary/aromatic N) is 1. The smallest absolute Gasteiger partial charge is 0.161 e. The molecule has 1 saturated carbocycles. The summed E-state index contributed by atoms with van der Waals surface area (Å²) >= 11 is 3.52.